The number of rotatable bonds is 5. The van der Waals surface area contributed by atoms with Crippen LogP contribution in [0.5, 0.6) is 0 Å². The number of pyridine rings is 1. The van der Waals surface area contributed by atoms with E-state index in [0.29, 0.717) is 6.54 Å². The van der Waals surface area contributed by atoms with Gasteiger partial charge >= 0.3 is 0 Å². The number of likely N-dealkylation sites (N-methyl/N-ethyl adjacent to an activating group) is 1. The van der Waals surface area contributed by atoms with Crippen LogP contribution in [0.1, 0.15) is 0 Å². The summed E-state index contributed by atoms with van der Waals surface area (Å²) in [5.74, 6) is 0. The quantitative estimate of drug-likeness (QED) is 0.771. The highest BCUT2D eigenvalue weighted by molar-refractivity contribution is 6.07. The lowest BCUT2D eigenvalue weighted by atomic mass is 10.2. The molecule has 4 heteroatoms. The third-order valence-electron chi connectivity index (χ3n) is 3.76. The number of aromatic nitrogens is 2. The Balaban J connectivity index is 2.03. The van der Waals surface area contributed by atoms with Crippen LogP contribution in [0.25, 0.3) is 21.8 Å². The molecule has 0 spiro atoms. The predicted molar refractivity (Wildman–Crippen MR) is 81.8 cm³/mol. The molecule has 104 valence electrons. The number of nitrogens with zero attached hydrogens (tertiary/aromatic N) is 3. The van der Waals surface area contributed by atoms with Crippen LogP contribution in [0.4, 0.5) is 0 Å². The number of hydrogen-bond donors (Lipinski definition) is 1. The molecule has 0 unspecified atom stereocenters. The van der Waals surface area contributed by atoms with Crippen molar-refractivity contribution in [2.45, 2.75) is 6.54 Å². The van der Waals surface area contributed by atoms with Gasteiger partial charge in [-0.05, 0) is 19.2 Å². The van der Waals surface area contributed by atoms with E-state index < -0.39 is 0 Å². The van der Waals surface area contributed by atoms with Gasteiger partial charge in [0.25, 0.3) is 0 Å². The molecule has 0 saturated carbocycles. The normalized spacial score (nSPS) is 11.8. The van der Waals surface area contributed by atoms with Crippen LogP contribution in [0, 0.1) is 0 Å². The number of benzene rings is 1. The summed E-state index contributed by atoms with van der Waals surface area (Å²) in [6.45, 7) is 2.70. The van der Waals surface area contributed by atoms with Gasteiger partial charge in [-0.2, -0.15) is 0 Å². The average molecular weight is 269 g/mol. The minimum absolute atomic E-state index is 0.200. The second-order valence-electron chi connectivity index (χ2n) is 5.09. The smallest absolute Gasteiger partial charge is 0.0678 e. The van der Waals surface area contributed by atoms with Gasteiger partial charge in [0.15, 0.2) is 0 Å². The lowest BCUT2D eigenvalue weighted by molar-refractivity contribution is 0.218. The second-order valence-corrected chi connectivity index (χ2v) is 5.09. The standard InChI is InChI=1S/C16H19N3O/c1-18(10-11-20)8-9-19-15-5-3-2-4-13(15)14-6-7-17-12-16(14)19/h2-7,12,20H,8-11H2,1H3. The first-order valence-corrected chi connectivity index (χ1v) is 6.91. The number of hydrogen-bond acceptors (Lipinski definition) is 3. The molecule has 0 aliphatic rings. The highest BCUT2D eigenvalue weighted by atomic mass is 16.3. The molecule has 1 N–H and O–H groups in total. The molecular weight excluding hydrogens is 250 g/mol. The lowest BCUT2D eigenvalue weighted by Gasteiger charge is -2.16. The molecule has 0 aliphatic heterocycles. The van der Waals surface area contributed by atoms with Crippen molar-refractivity contribution in [1.29, 1.82) is 0 Å². The van der Waals surface area contributed by atoms with Crippen molar-refractivity contribution < 1.29 is 5.11 Å². The Morgan fingerprint density at radius 3 is 2.75 bits per heavy atom. The fraction of sp³-hybridized carbons (Fsp3) is 0.312. The number of aliphatic hydroxyl groups is 1. The monoisotopic (exact) mass is 269 g/mol. The summed E-state index contributed by atoms with van der Waals surface area (Å²) in [6.07, 6.45) is 3.78. The number of fused-ring (bicyclic) bond motifs is 3. The maximum atomic E-state index is 8.98. The minimum atomic E-state index is 0.200. The molecule has 0 aliphatic carbocycles. The summed E-state index contributed by atoms with van der Waals surface area (Å²) in [4.78, 5) is 6.39. The first-order valence-electron chi connectivity index (χ1n) is 6.91. The Morgan fingerprint density at radius 2 is 1.90 bits per heavy atom. The first kappa shape index (κ1) is 13.1. The number of para-hydroxylation sites is 1. The van der Waals surface area contributed by atoms with Crippen molar-refractivity contribution in [2.24, 2.45) is 0 Å². The molecule has 1 aromatic carbocycles. The van der Waals surface area contributed by atoms with Crippen LogP contribution in [-0.4, -0.2) is 46.3 Å². The van der Waals surface area contributed by atoms with Crippen molar-refractivity contribution in [3.8, 4) is 0 Å². The molecule has 0 fully saturated rings. The summed E-state index contributed by atoms with van der Waals surface area (Å²) in [7, 11) is 2.03. The zero-order valence-electron chi connectivity index (χ0n) is 11.7. The summed E-state index contributed by atoms with van der Waals surface area (Å²) in [6, 6.07) is 10.5. The van der Waals surface area contributed by atoms with Gasteiger partial charge in [0.05, 0.1) is 18.3 Å². The van der Waals surface area contributed by atoms with Gasteiger partial charge in [-0.1, -0.05) is 18.2 Å². The topological polar surface area (TPSA) is 41.3 Å². The van der Waals surface area contributed by atoms with Crippen LogP contribution in [0.15, 0.2) is 42.7 Å². The van der Waals surface area contributed by atoms with Crippen LogP contribution < -0.4 is 0 Å². The van der Waals surface area contributed by atoms with E-state index in [1.165, 1.54) is 21.8 Å². The Morgan fingerprint density at radius 1 is 1.10 bits per heavy atom. The Kier molecular flexibility index (Phi) is 3.67. The molecule has 2 aromatic heterocycles. The fourth-order valence-electron chi connectivity index (χ4n) is 2.69. The molecule has 3 aromatic rings. The zero-order valence-corrected chi connectivity index (χ0v) is 11.7. The molecule has 4 nitrogen and oxygen atoms in total. The van der Waals surface area contributed by atoms with Crippen LogP contribution in [0.3, 0.4) is 0 Å². The Labute approximate surface area is 118 Å². The van der Waals surface area contributed by atoms with E-state index in [-0.39, 0.29) is 6.61 Å². The Hall–Kier alpha value is -1.91. The maximum absolute atomic E-state index is 8.98. The van der Waals surface area contributed by atoms with Gasteiger partial charge < -0.3 is 14.6 Å². The molecule has 2 heterocycles. The van der Waals surface area contributed by atoms with Gasteiger partial charge in [0, 0.05) is 42.1 Å². The third kappa shape index (κ3) is 2.28. The molecule has 3 rings (SSSR count). The van der Waals surface area contributed by atoms with Crippen LogP contribution in [-0.2, 0) is 6.54 Å². The molecule has 0 saturated heterocycles. The molecule has 0 amide bonds. The van der Waals surface area contributed by atoms with Crippen molar-refractivity contribution >= 4 is 21.8 Å². The molecule has 0 atom stereocenters. The molecular formula is C16H19N3O. The Bertz CT molecular complexity index is 667. The van der Waals surface area contributed by atoms with E-state index in [0.717, 1.165) is 13.1 Å². The van der Waals surface area contributed by atoms with Gasteiger partial charge in [-0.15, -0.1) is 0 Å². The van der Waals surface area contributed by atoms with Crippen molar-refractivity contribution in [3.63, 3.8) is 0 Å². The third-order valence-corrected chi connectivity index (χ3v) is 3.76. The maximum Gasteiger partial charge on any atom is 0.0678 e. The fourth-order valence-corrected chi connectivity index (χ4v) is 2.69. The van der Waals surface area contributed by atoms with Gasteiger partial charge in [-0.3, -0.25) is 4.98 Å². The summed E-state index contributed by atoms with van der Waals surface area (Å²) in [5.41, 5.74) is 2.42. The van der Waals surface area contributed by atoms with E-state index >= 15 is 0 Å². The van der Waals surface area contributed by atoms with Crippen LogP contribution >= 0.6 is 0 Å². The number of aliphatic hydroxyl groups excluding tert-OH is 1. The van der Waals surface area contributed by atoms with E-state index in [9.17, 15) is 0 Å². The zero-order chi connectivity index (χ0) is 13.9. The van der Waals surface area contributed by atoms with E-state index in [1.54, 1.807) is 0 Å². The van der Waals surface area contributed by atoms with E-state index in [2.05, 4.69) is 44.8 Å². The van der Waals surface area contributed by atoms with Crippen molar-refractivity contribution in [1.82, 2.24) is 14.5 Å². The van der Waals surface area contributed by atoms with Gasteiger partial charge in [-0.25, -0.2) is 0 Å². The largest absolute Gasteiger partial charge is 0.395 e. The average Bonchev–Trinajstić information content (AvgIpc) is 2.80. The highest BCUT2D eigenvalue weighted by Crippen LogP contribution is 2.27. The first-order chi connectivity index (χ1) is 9.81. The van der Waals surface area contributed by atoms with Crippen molar-refractivity contribution in [2.75, 3.05) is 26.7 Å². The van der Waals surface area contributed by atoms with Crippen LogP contribution in [0.2, 0.25) is 0 Å². The van der Waals surface area contributed by atoms with E-state index in [4.69, 9.17) is 5.11 Å². The van der Waals surface area contributed by atoms with Gasteiger partial charge in [0.1, 0.15) is 0 Å². The summed E-state index contributed by atoms with van der Waals surface area (Å²) >= 11 is 0. The molecule has 20 heavy (non-hydrogen) atoms. The van der Waals surface area contributed by atoms with Gasteiger partial charge in [0.2, 0.25) is 0 Å². The minimum Gasteiger partial charge on any atom is -0.395 e. The molecule has 0 bridgehead atoms. The summed E-state index contributed by atoms with van der Waals surface area (Å²) < 4.78 is 2.31. The predicted octanol–water partition coefficient (Wildman–Crippen LogP) is 2.11. The second kappa shape index (κ2) is 5.61. The lowest BCUT2D eigenvalue weighted by Crippen LogP contribution is -2.26. The van der Waals surface area contributed by atoms with E-state index in [1.807, 2.05) is 19.4 Å². The SMILES string of the molecule is CN(CCO)CCn1c2ccccc2c2ccncc21. The van der Waals surface area contributed by atoms with Crippen molar-refractivity contribution in [3.05, 3.63) is 42.7 Å². The molecule has 0 radical (unpaired) electrons. The summed E-state index contributed by atoms with van der Waals surface area (Å²) in [5, 5.41) is 11.5. The highest BCUT2D eigenvalue weighted by Gasteiger charge is 2.10.